The Labute approximate surface area is 135 Å². The highest BCUT2D eigenvalue weighted by atomic mass is 16.5. The second kappa shape index (κ2) is 5.96. The number of aromatic amines is 1. The van der Waals surface area contributed by atoms with Crippen molar-refractivity contribution in [3.05, 3.63) is 16.6 Å². The second-order valence-electron chi connectivity index (χ2n) is 7.02. The van der Waals surface area contributed by atoms with E-state index in [-0.39, 0.29) is 17.2 Å². The fourth-order valence-electron chi connectivity index (χ4n) is 3.05. The van der Waals surface area contributed by atoms with E-state index < -0.39 is 0 Å². The van der Waals surface area contributed by atoms with Crippen LogP contribution in [0.3, 0.4) is 0 Å². The van der Waals surface area contributed by atoms with E-state index in [4.69, 9.17) is 9.72 Å². The molecule has 0 saturated carbocycles. The van der Waals surface area contributed by atoms with Crippen molar-refractivity contribution in [2.45, 2.75) is 52.2 Å². The zero-order valence-electron chi connectivity index (χ0n) is 14.3. The number of nitrogens with zero attached hydrogens (tertiary/aromatic N) is 4. The average Bonchev–Trinajstić information content (AvgIpc) is 2.92. The molecule has 2 aromatic rings. The van der Waals surface area contributed by atoms with E-state index in [1.165, 1.54) is 0 Å². The molecular weight excluding hydrogens is 294 g/mol. The van der Waals surface area contributed by atoms with Crippen LogP contribution in [0.1, 0.15) is 40.5 Å². The minimum absolute atomic E-state index is 0.140. The number of anilines is 1. The van der Waals surface area contributed by atoms with Gasteiger partial charge in [-0.2, -0.15) is 10.1 Å². The van der Waals surface area contributed by atoms with Gasteiger partial charge in [0.15, 0.2) is 5.65 Å². The molecule has 1 saturated heterocycles. The summed E-state index contributed by atoms with van der Waals surface area (Å²) in [4.78, 5) is 22.1. The van der Waals surface area contributed by atoms with E-state index in [0.29, 0.717) is 23.6 Å². The van der Waals surface area contributed by atoms with Crippen LogP contribution in [0.4, 0.5) is 5.95 Å². The summed E-state index contributed by atoms with van der Waals surface area (Å²) >= 11 is 0. The van der Waals surface area contributed by atoms with E-state index >= 15 is 0 Å². The van der Waals surface area contributed by atoms with Crippen molar-refractivity contribution < 1.29 is 4.74 Å². The number of ether oxygens (including phenoxy) is 1. The first-order chi connectivity index (χ1) is 10.9. The molecule has 1 fully saturated rings. The standard InChI is InChI=1S/C16H25N5O2/c1-5-23-11-7-6-8-20(10-11)15-18-13-12(14(22)19-15)9-17-21(13)16(2,3)4/h9,11H,5-8,10H2,1-4H3,(H,18,19,22)/t11-/m0/s1. The smallest absolute Gasteiger partial charge is 0.263 e. The third kappa shape index (κ3) is 3.10. The normalized spacial score (nSPS) is 19.5. The molecule has 1 aliphatic heterocycles. The van der Waals surface area contributed by atoms with Crippen LogP contribution in [0, 0.1) is 0 Å². The van der Waals surface area contributed by atoms with Crippen molar-refractivity contribution in [2.75, 3.05) is 24.6 Å². The first kappa shape index (κ1) is 16.0. The largest absolute Gasteiger partial charge is 0.377 e. The maximum absolute atomic E-state index is 12.4. The Bertz CT molecular complexity index is 741. The second-order valence-corrected chi connectivity index (χ2v) is 7.02. The van der Waals surface area contributed by atoms with Crippen LogP contribution in [0.5, 0.6) is 0 Å². The monoisotopic (exact) mass is 319 g/mol. The fourth-order valence-corrected chi connectivity index (χ4v) is 3.05. The van der Waals surface area contributed by atoms with Crippen molar-refractivity contribution in [1.82, 2.24) is 19.7 Å². The van der Waals surface area contributed by atoms with E-state index in [2.05, 4.69) is 15.0 Å². The van der Waals surface area contributed by atoms with Gasteiger partial charge in [-0.15, -0.1) is 0 Å². The number of aromatic nitrogens is 4. The maximum atomic E-state index is 12.4. The Balaban J connectivity index is 2.00. The van der Waals surface area contributed by atoms with Gasteiger partial charge in [-0.1, -0.05) is 0 Å². The van der Waals surface area contributed by atoms with Crippen molar-refractivity contribution in [2.24, 2.45) is 0 Å². The number of H-pyrrole nitrogens is 1. The van der Waals surface area contributed by atoms with Gasteiger partial charge in [0, 0.05) is 19.7 Å². The summed E-state index contributed by atoms with van der Waals surface area (Å²) in [6.45, 7) is 10.5. The molecule has 3 rings (SSSR count). The molecule has 0 radical (unpaired) electrons. The highest BCUT2D eigenvalue weighted by molar-refractivity contribution is 5.74. The summed E-state index contributed by atoms with van der Waals surface area (Å²) in [6, 6.07) is 0. The lowest BCUT2D eigenvalue weighted by Gasteiger charge is -2.32. The third-order valence-corrected chi connectivity index (χ3v) is 4.14. The van der Waals surface area contributed by atoms with E-state index in [1.807, 2.05) is 32.4 Å². The summed E-state index contributed by atoms with van der Waals surface area (Å²) in [5.74, 6) is 0.609. The van der Waals surface area contributed by atoms with Crippen LogP contribution in [0.25, 0.3) is 11.0 Å². The van der Waals surface area contributed by atoms with Gasteiger partial charge < -0.3 is 9.64 Å². The Morgan fingerprint density at radius 2 is 2.22 bits per heavy atom. The molecule has 1 atom stereocenters. The van der Waals surface area contributed by atoms with Gasteiger partial charge in [-0.05, 0) is 40.5 Å². The van der Waals surface area contributed by atoms with Crippen LogP contribution < -0.4 is 10.5 Å². The van der Waals surface area contributed by atoms with Crippen molar-refractivity contribution >= 4 is 17.0 Å². The zero-order chi connectivity index (χ0) is 16.6. The first-order valence-corrected chi connectivity index (χ1v) is 8.25. The summed E-state index contributed by atoms with van der Waals surface area (Å²) in [5, 5.41) is 4.88. The molecule has 23 heavy (non-hydrogen) atoms. The predicted octanol–water partition coefficient (Wildman–Crippen LogP) is 1.88. The Morgan fingerprint density at radius 3 is 2.91 bits per heavy atom. The number of rotatable bonds is 3. The van der Waals surface area contributed by atoms with E-state index in [0.717, 1.165) is 25.9 Å². The van der Waals surface area contributed by atoms with Crippen molar-refractivity contribution in [1.29, 1.82) is 0 Å². The highest BCUT2D eigenvalue weighted by Crippen LogP contribution is 2.22. The van der Waals surface area contributed by atoms with E-state index in [1.54, 1.807) is 6.20 Å². The molecule has 0 unspecified atom stereocenters. The highest BCUT2D eigenvalue weighted by Gasteiger charge is 2.24. The Kier molecular flexibility index (Phi) is 4.14. The van der Waals surface area contributed by atoms with Crippen LogP contribution >= 0.6 is 0 Å². The molecule has 0 aliphatic carbocycles. The van der Waals surface area contributed by atoms with E-state index in [9.17, 15) is 4.79 Å². The predicted molar refractivity (Wildman–Crippen MR) is 90.0 cm³/mol. The number of hydrogen-bond donors (Lipinski definition) is 1. The lowest BCUT2D eigenvalue weighted by atomic mass is 10.1. The van der Waals surface area contributed by atoms with Gasteiger partial charge in [0.25, 0.3) is 5.56 Å². The molecule has 0 spiro atoms. The van der Waals surface area contributed by atoms with Crippen molar-refractivity contribution in [3.63, 3.8) is 0 Å². The molecule has 1 aliphatic rings. The Hall–Kier alpha value is -1.89. The van der Waals surface area contributed by atoms with Crippen molar-refractivity contribution in [3.8, 4) is 0 Å². The van der Waals surface area contributed by atoms with Gasteiger partial charge in [-0.3, -0.25) is 9.78 Å². The van der Waals surface area contributed by atoms with Gasteiger partial charge in [-0.25, -0.2) is 4.68 Å². The summed E-state index contributed by atoms with van der Waals surface area (Å²) < 4.78 is 7.55. The summed E-state index contributed by atoms with van der Waals surface area (Å²) in [5.41, 5.74) is 0.268. The molecule has 7 heteroatoms. The quantitative estimate of drug-likeness (QED) is 0.935. The van der Waals surface area contributed by atoms with Crippen LogP contribution in [-0.2, 0) is 10.3 Å². The average molecular weight is 319 g/mol. The zero-order valence-corrected chi connectivity index (χ0v) is 14.3. The summed E-state index contributed by atoms with van der Waals surface area (Å²) in [7, 11) is 0. The Morgan fingerprint density at radius 1 is 1.43 bits per heavy atom. The number of piperidine rings is 1. The molecule has 3 heterocycles. The minimum atomic E-state index is -0.227. The topological polar surface area (TPSA) is 76.0 Å². The number of fused-ring (bicyclic) bond motifs is 1. The molecule has 1 N–H and O–H groups in total. The molecule has 0 bridgehead atoms. The van der Waals surface area contributed by atoms with Crippen LogP contribution in [0.2, 0.25) is 0 Å². The molecule has 7 nitrogen and oxygen atoms in total. The van der Waals surface area contributed by atoms with Gasteiger partial charge in [0.1, 0.15) is 5.39 Å². The SMILES string of the molecule is CCO[C@H]1CCCN(c2nc3c(cnn3C(C)(C)C)c(=O)[nH]2)C1. The summed E-state index contributed by atoms with van der Waals surface area (Å²) in [6.07, 6.45) is 3.87. The first-order valence-electron chi connectivity index (χ1n) is 8.25. The van der Waals surface area contributed by atoms with Gasteiger partial charge in [0.05, 0.1) is 17.8 Å². The lowest BCUT2D eigenvalue weighted by Crippen LogP contribution is -2.41. The maximum Gasteiger partial charge on any atom is 0.263 e. The molecule has 0 aromatic carbocycles. The molecular formula is C16H25N5O2. The number of hydrogen-bond acceptors (Lipinski definition) is 5. The van der Waals surface area contributed by atoms with Crippen LogP contribution in [0.15, 0.2) is 11.0 Å². The minimum Gasteiger partial charge on any atom is -0.377 e. The molecule has 0 amide bonds. The fraction of sp³-hybridized carbons (Fsp3) is 0.688. The molecule has 2 aromatic heterocycles. The van der Waals surface area contributed by atoms with Crippen LogP contribution in [-0.4, -0.2) is 45.5 Å². The number of nitrogens with one attached hydrogen (secondary N) is 1. The van der Waals surface area contributed by atoms with Gasteiger partial charge >= 0.3 is 0 Å². The third-order valence-electron chi connectivity index (χ3n) is 4.14. The molecule has 126 valence electrons. The lowest BCUT2D eigenvalue weighted by molar-refractivity contribution is 0.0523. The van der Waals surface area contributed by atoms with Gasteiger partial charge in [0.2, 0.25) is 5.95 Å².